The second-order valence-corrected chi connectivity index (χ2v) is 4.35. The lowest BCUT2D eigenvalue weighted by Crippen LogP contribution is -2.44. The van der Waals surface area contributed by atoms with E-state index in [1.54, 1.807) is 0 Å². The second kappa shape index (κ2) is 4.68. The van der Waals surface area contributed by atoms with Crippen LogP contribution in [0.5, 0.6) is 0 Å². The van der Waals surface area contributed by atoms with E-state index in [-0.39, 0.29) is 23.6 Å². The van der Waals surface area contributed by atoms with E-state index in [0.717, 1.165) is 25.7 Å². The van der Waals surface area contributed by atoms with Crippen LogP contribution in [0.15, 0.2) is 0 Å². The Labute approximate surface area is 94.3 Å². The van der Waals surface area contributed by atoms with Crippen molar-refractivity contribution in [2.24, 2.45) is 0 Å². The van der Waals surface area contributed by atoms with Gasteiger partial charge in [0, 0.05) is 18.9 Å². The molecule has 0 unspecified atom stereocenters. The molecule has 1 heterocycles. The highest BCUT2D eigenvalue weighted by Crippen LogP contribution is 2.35. The fourth-order valence-corrected chi connectivity index (χ4v) is 2.33. The lowest BCUT2D eigenvalue weighted by atomic mass is 9.90. The van der Waals surface area contributed by atoms with Gasteiger partial charge in [-0.2, -0.15) is 0 Å². The maximum atomic E-state index is 11.1. The zero-order valence-corrected chi connectivity index (χ0v) is 9.39. The van der Waals surface area contributed by atoms with Crippen molar-refractivity contribution in [1.29, 1.82) is 0 Å². The molecule has 0 aromatic rings. The zero-order chi connectivity index (χ0) is 10.7. The Hall–Kier alpha value is -0.320. The van der Waals surface area contributed by atoms with Crippen LogP contribution in [-0.2, 0) is 14.3 Å². The predicted octanol–water partition coefficient (Wildman–Crippen LogP) is 1.03. The Morgan fingerprint density at radius 1 is 1.33 bits per heavy atom. The molecule has 0 aromatic heterocycles. The van der Waals surface area contributed by atoms with E-state index in [4.69, 9.17) is 21.1 Å². The van der Waals surface area contributed by atoms with Crippen molar-refractivity contribution in [2.75, 3.05) is 19.1 Å². The van der Waals surface area contributed by atoms with Crippen molar-refractivity contribution in [3.8, 4) is 0 Å². The van der Waals surface area contributed by atoms with Crippen molar-refractivity contribution < 1.29 is 14.3 Å². The minimum Gasteiger partial charge on any atom is -0.352 e. The third-order valence-corrected chi connectivity index (χ3v) is 3.29. The first-order valence-corrected chi connectivity index (χ1v) is 5.91. The molecule has 0 bridgehead atoms. The highest BCUT2D eigenvalue weighted by Gasteiger charge is 2.40. The molecular weight excluding hydrogens is 218 g/mol. The molecule has 1 spiro atoms. The highest BCUT2D eigenvalue weighted by molar-refractivity contribution is 6.27. The summed E-state index contributed by atoms with van der Waals surface area (Å²) in [7, 11) is 0. The van der Waals surface area contributed by atoms with E-state index < -0.39 is 0 Å². The van der Waals surface area contributed by atoms with Gasteiger partial charge < -0.3 is 14.8 Å². The van der Waals surface area contributed by atoms with Gasteiger partial charge in [0.1, 0.15) is 5.88 Å². The largest absolute Gasteiger partial charge is 0.352 e. The number of rotatable bonds is 2. The van der Waals surface area contributed by atoms with Crippen LogP contribution < -0.4 is 5.32 Å². The number of alkyl halides is 1. The number of ether oxygens (including phenoxy) is 2. The molecule has 1 aliphatic carbocycles. The van der Waals surface area contributed by atoms with Crippen molar-refractivity contribution in [3.63, 3.8) is 0 Å². The Morgan fingerprint density at radius 3 is 2.47 bits per heavy atom. The normalized spacial score (nSPS) is 25.7. The van der Waals surface area contributed by atoms with Crippen LogP contribution in [0.1, 0.15) is 25.7 Å². The quantitative estimate of drug-likeness (QED) is 0.725. The molecule has 1 saturated carbocycles. The Balaban J connectivity index is 1.79. The van der Waals surface area contributed by atoms with Crippen molar-refractivity contribution in [3.05, 3.63) is 0 Å². The third kappa shape index (κ3) is 2.62. The van der Waals surface area contributed by atoms with Gasteiger partial charge >= 0.3 is 0 Å². The summed E-state index contributed by atoms with van der Waals surface area (Å²) >= 11 is 5.43. The molecule has 1 amide bonds. The van der Waals surface area contributed by atoms with Gasteiger partial charge in [0.05, 0.1) is 13.2 Å². The number of amides is 1. The number of carbonyl (C=O) groups is 1. The number of halogens is 1. The zero-order valence-electron chi connectivity index (χ0n) is 8.63. The fraction of sp³-hybridized carbons (Fsp3) is 0.900. The topological polar surface area (TPSA) is 47.6 Å². The summed E-state index contributed by atoms with van der Waals surface area (Å²) in [6, 6.07) is 0.231. The number of carbonyl (C=O) groups excluding carboxylic acids is 1. The lowest BCUT2D eigenvalue weighted by Gasteiger charge is -2.35. The van der Waals surface area contributed by atoms with Crippen LogP contribution in [0, 0.1) is 0 Å². The highest BCUT2D eigenvalue weighted by atomic mass is 35.5. The number of hydrogen-bond acceptors (Lipinski definition) is 3. The van der Waals surface area contributed by atoms with Gasteiger partial charge in [-0.3, -0.25) is 4.79 Å². The molecule has 86 valence electrons. The van der Waals surface area contributed by atoms with Crippen LogP contribution in [0.2, 0.25) is 0 Å². The lowest BCUT2D eigenvalue weighted by molar-refractivity contribution is -0.179. The average molecular weight is 234 g/mol. The predicted molar refractivity (Wildman–Crippen MR) is 55.8 cm³/mol. The van der Waals surface area contributed by atoms with Crippen molar-refractivity contribution in [2.45, 2.75) is 37.5 Å². The Morgan fingerprint density at radius 2 is 1.93 bits per heavy atom. The molecule has 0 radical (unpaired) electrons. The Bertz CT molecular complexity index is 231. The third-order valence-electron chi connectivity index (χ3n) is 3.05. The summed E-state index contributed by atoms with van der Waals surface area (Å²) < 4.78 is 11.2. The molecule has 2 fully saturated rings. The van der Waals surface area contributed by atoms with Gasteiger partial charge in [-0.15, -0.1) is 11.6 Å². The molecule has 1 N–H and O–H groups in total. The van der Waals surface area contributed by atoms with Crippen LogP contribution in [-0.4, -0.2) is 36.8 Å². The average Bonchev–Trinajstić information content (AvgIpc) is 2.70. The van der Waals surface area contributed by atoms with Gasteiger partial charge in [0.15, 0.2) is 5.79 Å². The van der Waals surface area contributed by atoms with Crippen molar-refractivity contribution >= 4 is 17.5 Å². The maximum absolute atomic E-state index is 11.1. The number of nitrogens with one attached hydrogen (secondary N) is 1. The van der Waals surface area contributed by atoms with Gasteiger partial charge in [0.2, 0.25) is 5.91 Å². The molecule has 1 aliphatic heterocycles. The summed E-state index contributed by atoms with van der Waals surface area (Å²) in [4.78, 5) is 11.1. The summed E-state index contributed by atoms with van der Waals surface area (Å²) in [5.41, 5.74) is 0. The molecule has 1 saturated heterocycles. The van der Waals surface area contributed by atoms with Crippen LogP contribution in [0.4, 0.5) is 0 Å². The van der Waals surface area contributed by atoms with E-state index in [1.165, 1.54) is 0 Å². The van der Waals surface area contributed by atoms with E-state index in [9.17, 15) is 4.79 Å². The molecule has 2 aliphatic rings. The standard InChI is InChI=1S/C10H16ClNO3/c11-7-9(13)12-8-1-3-10(4-2-8)14-5-6-15-10/h8H,1-7H2,(H,12,13). The van der Waals surface area contributed by atoms with Crippen molar-refractivity contribution in [1.82, 2.24) is 5.32 Å². The maximum Gasteiger partial charge on any atom is 0.235 e. The molecule has 4 nitrogen and oxygen atoms in total. The summed E-state index contributed by atoms with van der Waals surface area (Å²) in [6.07, 6.45) is 3.53. The van der Waals surface area contributed by atoms with Crippen LogP contribution >= 0.6 is 11.6 Å². The smallest absolute Gasteiger partial charge is 0.235 e. The van der Waals surface area contributed by atoms with E-state index in [1.807, 2.05) is 0 Å². The molecule has 5 heteroatoms. The molecule has 0 atom stereocenters. The molecule has 2 rings (SSSR count). The van der Waals surface area contributed by atoms with E-state index in [2.05, 4.69) is 5.32 Å². The van der Waals surface area contributed by atoms with Gasteiger partial charge in [-0.1, -0.05) is 0 Å². The van der Waals surface area contributed by atoms with Gasteiger partial charge in [0.25, 0.3) is 0 Å². The first-order chi connectivity index (χ1) is 7.24. The van der Waals surface area contributed by atoms with Gasteiger partial charge in [-0.25, -0.2) is 0 Å². The van der Waals surface area contributed by atoms with Crippen LogP contribution in [0.25, 0.3) is 0 Å². The monoisotopic (exact) mass is 233 g/mol. The molecule has 0 aromatic carbocycles. The SMILES string of the molecule is O=C(CCl)NC1CCC2(CC1)OCCO2. The second-order valence-electron chi connectivity index (χ2n) is 4.08. The first kappa shape index (κ1) is 11.2. The molecule has 15 heavy (non-hydrogen) atoms. The Kier molecular flexibility index (Phi) is 3.49. The van der Waals surface area contributed by atoms with E-state index in [0.29, 0.717) is 13.2 Å². The first-order valence-electron chi connectivity index (χ1n) is 5.37. The number of hydrogen-bond donors (Lipinski definition) is 1. The fourth-order valence-electron chi connectivity index (χ4n) is 2.25. The molecular formula is C10H16ClNO3. The minimum absolute atomic E-state index is 0.0364. The summed E-state index contributed by atoms with van der Waals surface area (Å²) in [5.74, 6) is -0.400. The summed E-state index contributed by atoms with van der Waals surface area (Å²) in [6.45, 7) is 1.39. The summed E-state index contributed by atoms with van der Waals surface area (Å²) in [5, 5.41) is 2.89. The van der Waals surface area contributed by atoms with Gasteiger partial charge in [-0.05, 0) is 12.8 Å². The minimum atomic E-state index is -0.345. The van der Waals surface area contributed by atoms with E-state index >= 15 is 0 Å². The van der Waals surface area contributed by atoms with Crippen LogP contribution in [0.3, 0.4) is 0 Å².